The van der Waals surface area contributed by atoms with Crippen LogP contribution in [0, 0.1) is 23.5 Å². The highest BCUT2D eigenvalue weighted by Crippen LogP contribution is 2.41. The number of ether oxygens (including phenoxy) is 1. The van der Waals surface area contributed by atoms with Gasteiger partial charge >= 0.3 is 0 Å². The number of halogens is 2. The molecule has 4 heteroatoms. The second-order valence-corrected chi connectivity index (χ2v) is 6.97. The molecule has 2 aliphatic rings. The van der Waals surface area contributed by atoms with E-state index in [4.69, 9.17) is 4.74 Å². The number of hydrogen-bond acceptors (Lipinski definition) is 2. The Morgan fingerprint density at radius 2 is 1.73 bits per heavy atom. The first-order valence-electron chi connectivity index (χ1n) is 8.34. The van der Waals surface area contributed by atoms with Crippen LogP contribution in [0.2, 0.25) is 0 Å². The minimum Gasteiger partial charge on any atom is -0.505 e. The van der Waals surface area contributed by atoms with Crippen molar-refractivity contribution in [3.05, 3.63) is 29.3 Å². The fraction of sp³-hybridized carbons (Fsp3) is 0.667. The largest absolute Gasteiger partial charge is 0.505 e. The molecular weight excluding hydrogens is 286 g/mol. The summed E-state index contributed by atoms with van der Waals surface area (Å²) >= 11 is 0. The number of benzene rings is 1. The van der Waals surface area contributed by atoms with E-state index in [0.717, 1.165) is 38.7 Å². The topological polar surface area (TPSA) is 29.5 Å². The summed E-state index contributed by atoms with van der Waals surface area (Å²) in [5.41, 5.74) is 0.409. The molecule has 1 aliphatic heterocycles. The monoisotopic (exact) mass is 310 g/mol. The highest BCUT2D eigenvalue weighted by Gasteiger charge is 2.32. The maximum absolute atomic E-state index is 14.0. The van der Waals surface area contributed by atoms with E-state index >= 15 is 0 Å². The smallest absolute Gasteiger partial charge is 0.200 e. The number of phenols is 1. The average Bonchev–Trinajstić information content (AvgIpc) is 2.54. The van der Waals surface area contributed by atoms with Crippen molar-refractivity contribution < 1.29 is 18.6 Å². The molecule has 1 aromatic carbocycles. The number of rotatable bonds is 2. The zero-order chi connectivity index (χ0) is 15.7. The molecule has 1 aromatic rings. The zero-order valence-electron chi connectivity index (χ0n) is 13.0. The second kappa shape index (κ2) is 6.53. The minimum atomic E-state index is -1.12. The van der Waals surface area contributed by atoms with E-state index in [2.05, 4.69) is 6.92 Å². The first-order valence-corrected chi connectivity index (χ1v) is 8.34. The predicted octanol–water partition coefficient (Wildman–Crippen LogP) is 4.76. The fourth-order valence-corrected chi connectivity index (χ4v) is 3.95. The summed E-state index contributed by atoms with van der Waals surface area (Å²) in [5.74, 6) is -1.36. The lowest BCUT2D eigenvalue weighted by Crippen LogP contribution is -2.33. The van der Waals surface area contributed by atoms with Crippen LogP contribution in [0.4, 0.5) is 8.78 Å². The maximum atomic E-state index is 14.0. The van der Waals surface area contributed by atoms with Crippen LogP contribution >= 0.6 is 0 Å². The van der Waals surface area contributed by atoms with Gasteiger partial charge in [-0.3, -0.25) is 0 Å². The molecule has 1 saturated carbocycles. The summed E-state index contributed by atoms with van der Waals surface area (Å²) in [6.07, 6.45) is 6.43. The van der Waals surface area contributed by atoms with Crippen molar-refractivity contribution in [3.8, 4) is 5.75 Å². The van der Waals surface area contributed by atoms with Crippen molar-refractivity contribution in [3.63, 3.8) is 0 Å². The molecule has 122 valence electrons. The Morgan fingerprint density at radius 3 is 2.36 bits per heavy atom. The van der Waals surface area contributed by atoms with Crippen molar-refractivity contribution in [1.82, 2.24) is 0 Å². The van der Waals surface area contributed by atoms with Crippen molar-refractivity contribution >= 4 is 0 Å². The third kappa shape index (κ3) is 3.12. The van der Waals surface area contributed by atoms with Crippen molar-refractivity contribution in [1.29, 1.82) is 0 Å². The molecule has 1 heterocycles. The second-order valence-electron chi connectivity index (χ2n) is 6.97. The van der Waals surface area contributed by atoms with Crippen LogP contribution in [0.25, 0.3) is 0 Å². The third-order valence-electron chi connectivity index (χ3n) is 5.37. The molecule has 1 N–H and O–H groups in total. The van der Waals surface area contributed by atoms with Crippen LogP contribution in [0.5, 0.6) is 5.75 Å². The summed E-state index contributed by atoms with van der Waals surface area (Å²) in [5, 5.41) is 9.23. The molecule has 2 nitrogen and oxygen atoms in total. The molecule has 0 spiro atoms. The third-order valence-corrected chi connectivity index (χ3v) is 5.37. The van der Waals surface area contributed by atoms with Crippen LogP contribution in [0.3, 0.4) is 0 Å². The van der Waals surface area contributed by atoms with Crippen LogP contribution in [0.1, 0.15) is 56.9 Å². The lowest BCUT2D eigenvalue weighted by molar-refractivity contribution is -0.0524. The maximum Gasteiger partial charge on any atom is 0.200 e. The number of aromatic hydroxyl groups is 1. The van der Waals surface area contributed by atoms with E-state index in [1.807, 2.05) is 0 Å². The SMILES string of the molecule is CC1CCC(C2CCC(c3ccc(O)c(F)c3F)CC2)OC1. The molecule has 22 heavy (non-hydrogen) atoms. The number of phenolic OH excluding ortho intramolecular Hbond substituents is 1. The molecule has 2 fully saturated rings. The van der Waals surface area contributed by atoms with Crippen molar-refractivity contribution in [2.45, 2.75) is 57.5 Å². The van der Waals surface area contributed by atoms with Gasteiger partial charge in [-0.05, 0) is 67.9 Å². The Labute approximate surface area is 130 Å². The summed E-state index contributed by atoms with van der Waals surface area (Å²) in [6.45, 7) is 3.07. The van der Waals surface area contributed by atoms with E-state index in [1.165, 1.54) is 18.6 Å². The van der Waals surface area contributed by atoms with Gasteiger partial charge in [-0.25, -0.2) is 4.39 Å². The Bertz CT molecular complexity index is 516. The molecule has 2 atom stereocenters. The predicted molar refractivity (Wildman–Crippen MR) is 80.9 cm³/mol. The first-order chi connectivity index (χ1) is 10.6. The highest BCUT2D eigenvalue weighted by molar-refractivity contribution is 5.32. The van der Waals surface area contributed by atoms with E-state index in [-0.39, 0.29) is 5.92 Å². The van der Waals surface area contributed by atoms with Crippen molar-refractivity contribution in [2.24, 2.45) is 11.8 Å². The van der Waals surface area contributed by atoms with Crippen LogP contribution in [-0.4, -0.2) is 17.8 Å². The summed E-state index contributed by atoms with van der Waals surface area (Å²) in [7, 11) is 0. The van der Waals surface area contributed by atoms with E-state index < -0.39 is 17.4 Å². The molecule has 0 radical (unpaired) electrons. The molecule has 0 bridgehead atoms. The van der Waals surface area contributed by atoms with Gasteiger partial charge in [0.05, 0.1) is 6.10 Å². The summed E-state index contributed by atoms with van der Waals surface area (Å²) < 4.78 is 33.4. The molecule has 2 unspecified atom stereocenters. The normalized spacial score (nSPS) is 32.9. The lowest BCUT2D eigenvalue weighted by Gasteiger charge is -2.37. The average molecular weight is 310 g/mol. The molecule has 3 rings (SSSR count). The summed E-state index contributed by atoms with van der Waals surface area (Å²) in [4.78, 5) is 0. The van der Waals surface area contributed by atoms with Gasteiger partial charge in [0.15, 0.2) is 11.6 Å². The zero-order valence-corrected chi connectivity index (χ0v) is 13.0. The fourth-order valence-electron chi connectivity index (χ4n) is 3.95. The molecule has 1 saturated heterocycles. The molecule has 0 aromatic heterocycles. The van der Waals surface area contributed by atoms with E-state index in [0.29, 0.717) is 23.5 Å². The van der Waals surface area contributed by atoms with Crippen molar-refractivity contribution in [2.75, 3.05) is 6.61 Å². The lowest BCUT2D eigenvalue weighted by atomic mass is 9.75. The van der Waals surface area contributed by atoms with Gasteiger partial charge in [0.25, 0.3) is 0 Å². The summed E-state index contributed by atoms with van der Waals surface area (Å²) in [6, 6.07) is 2.78. The van der Waals surface area contributed by atoms with Crippen LogP contribution in [-0.2, 0) is 4.74 Å². The number of hydrogen-bond donors (Lipinski definition) is 1. The van der Waals surface area contributed by atoms with E-state index in [1.54, 1.807) is 0 Å². The molecule has 0 amide bonds. The molecular formula is C18H24F2O2. The Morgan fingerprint density at radius 1 is 1.00 bits per heavy atom. The minimum absolute atomic E-state index is 0.0499. The van der Waals surface area contributed by atoms with Gasteiger partial charge in [-0.15, -0.1) is 0 Å². The van der Waals surface area contributed by atoms with Gasteiger partial charge in [0, 0.05) is 6.61 Å². The van der Waals surface area contributed by atoms with Gasteiger partial charge in [0.2, 0.25) is 5.82 Å². The van der Waals surface area contributed by atoms with Crippen LogP contribution < -0.4 is 0 Å². The highest BCUT2D eigenvalue weighted by atomic mass is 19.2. The molecule has 1 aliphatic carbocycles. The quantitative estimate of drug-likeness (QED) is 0.853. The van der Waals surface area contributed by atoms with Gasteiger partial charge in [-0.1, -0.05) is 13.0 Å². The standard InChI is InChI=1S/C18H24F2O2/c1-11-2-9-16(22-10-11)13-5-3-12(4-6-13)14-7-8-15(21)18(20)17(14)19/h7-8,11-13,16,21H,2-6,9-10H2,1H3. The van der Waals surface area contributed by atoms with Gasteiger partial charge in [0.1, 0.15) is 0 Å². The van der Waals surface area contributed by atoms with Gasteiger partial charge in [-0.2, -0.15) is 4.39 Å². The Kier molecular flexibility index (Phi) is 4.67. The first kappa shape index (κ1) is 15.7. The van der Waals surface area contributed by atoms with Gasteiger partial charge < -0.3 is 9.84 Å². The van der Waals surface area contributed by atoms with Crippen LogP contribution in [0.15, 0.2) is 12.1 Å². The Hall–Kier alpha value is -1.16. The van der Waals surface area contributed by atoms with E-state index in [9.17, 15) is 13.9 Å². The Balaban J connectivity index is 1.61.